The minimum atomic E-state index is 0.812. The molecule has 0 aromatic carbocycles. The molecule has 84 valence electrons. The first-order chi connectivity index (χ1) is 6.86. The van der Waals surface area contributed by atoms with Gasteiger partial charge in [0, 0.05) is 19.6 Å². The predicted octanol–water partition coefficient (Wildman–Crippen LogP) is 2.24. The van der Waals surface area contributed by atoms with E-state index in [0.29, 0.717) is 0 Å². The molecule has 0 saturated heterocycles. The van der Waals surface area contributed by atoms with Crippen LogP contribution in [0.1, 0.15) is 45.4 Å². The lowest BCUT2D eigenvalue weighted by atomic mass is 9.89. The SMILES string of the molecule is CCCN(CCN)CC1CCCCC1. The van der Waals surface area contributed by atoms with Gasteiger partial charge in [0.05, 0.1) is 0 Å². The second-order valence-electron chi connectivity index (χ2n) is 4.59. The van der Waals surface area contributed by atoms with Crippen molar-refractivity contribution in [2.75, 3.05) is 26.2 Å². The van der Waals surface area contributed by atoms with Gasteiger partial charge < -0.3 is 10.6 Å². The zero-order valence-electron chi connectivity index (χ0n) is 9.67. The highest BCUT2D eigenvalue weighted by Crippen LogP contribution is 2.24. The van der Waals surface area contributed by atoms with Crippen molar-refractivity contribution >= 4 is 0 Å². The molecule has 0 amide bonds. The molecule has 0 heterocycles. The lowest BCUT2D eigenvalue weighted by Crippen LogP contribution is -2.35. The molecule has 2 nitrogen and oxygen atoms in total. The van der Waals surface area contributed by atoms with Gasteiger partial charge >= 0.3 is 0 Å². The molecule has 2 N–H and O–H groups in total. The van der Waals surface area contributed by atoms with E-state index in [-0.39, 0.29) is 0 Å². The lowest BCUT2D eigenvalue weighted by Gasteiger charge is -2.29. The average molecular weight is 198 g/mol. The molecule has 0 bridgehead atoms. The van der Waals surface area contributed by atoms with Crippen LogP contribution in [0, 0.1) is 5.92 Å². The van der Waals surface area contributed by atoms with Crippen molar-refractivity contribution in [3.8, 4) is 0 Å². The minimum Gasteiger partial charge on any atom is -0.329 e. The fraction of sp³-hybridized carbons (Fsp3) is 1.00. The van der Waals surface area contributed by atoms with Gasteiger partial charge in [0.1, 0.15) is 0 Å². The number of hydrogen-bond donors (Lipinski definition) is 1. The van der Waals surface area contributed by atoms with Gasteiger partial charge in [-0.2, -0.15) is 0 Å². The van der Waals surface area contributed by atoms with Crippen LogP contribution in [-0.4, -0.2) is 31.1 Å². The van der Waals surface area contributed by atoms with Crippen LogP contribution in [0.25, 0.3) is 0 Å². The first-order valence-electron chi connectivity index (χ1n) is 6.29. The predicted molar refractivity (Wildman–Crippen MR) is 62.4 cm³/mol. The molecule has 0 unspecified atom stereocenters. The maximum Gasteiger partial charge on any atom is 0.0105 e. The Morgan fingerprint density at radius 1 is 1.14 bits per heavy atom. The number of hydrogen-bond acceptors (Lipinski definition) is 2. The zero-order chi connectivity index (χ0) is 10.2. The van der Waals surface area contributed by atoms with Crippen LogP contribution in [0.3, 0.4) is 0 Å². The third-order valence-electron chi connectivity index (χ3n) is 3.23. The molecule has 0 aromatic heterocycles. The van der Waals surface area contributed by atoms with E-state index in [1.54, 1.807) is 0 Å². The molecular formula is C12H26N2. The van der Waals surface area contributed by atoms with Crippen LogP contribution in [-0.2, 0) is 0 Å². The molecule has 1 aliphatic carbocycles. The van der Waals surface area contributed by atoms with E-state index in [0.717, 1.165) is 19.0 Å². The average Bonchev–Trinajstić information content (AvgIpc) is 2.20. The van der Waals surface area contributed by atoms with Crippen molar-refractivity contribution in [3.63, 3.8) is 0 Å². The summed E-state index contributed by atoms with van der Waals surface area (Å²) in [7, 11) is 0. The first-order valence-corrected chi connectivity index (χ1v) is 6.29. The van der Waals surface area contributed by atoms with Crippen LogP contribution in [0.4, 0.5) is 0 Å². The van der Waals surface area contributed by atoms with Crippen LogP contribution < -0.4 is 5.73 Å². The Morgan fingerprint density at radius 3 is 2.43 bits per heavy atom. The van der Waals surface area contributed by atoms with E-state index in [1.807, 2.05) is 0 Å². The van der Waals surface area contributed by atoms with Crippen molar-refractivity contribution < 1.29 is 0 Å². The fourth-order valence-corrected chi connectivity index (χ4v) is 2.53. The van der Waals surface area contributed by atoms with E-state index >= 15 is 0 Å². The van der Waals surface area contributed by atoms with E-state index in [9.17, 15) is 0 Å². The molecule has 0 spiro atoms. The summed E-state index contributed by atoms with van der Waals surface area (Å²) in [5.74, 6) is 0.960. The smallest absolute Gasteiger partial charge is 0.0105 e. The third kappa shape index (κ3) is 4.43. The van der Waals surface area contributed by atoms with Crippen molar-refractivity contribution in [2.45, 2.75) is 45.4 Å². The highest BCUT2D eigenvalue weighted by Gasteiger charge is 2.16. The summed E-state index contributed by atoms with van der Waals surface area (Å²) >= 11 is 0. The van der Waals surface area contributed by atoms with Crippen molar-refractivity contribution in [1.29, 1.82) is 0 Å². The normalized spacial score (nSPS) is 19.1. The Hall–Kier alpha value is -0.0800. The molecule has 1 fully saturated rings. The Kier molecular flexibility index (Phi) is 6.20. The molecule has 1 saturated carbocycles. The highest BCUT2D eigenvalue weighted by molar-refractivity contribution is 4.70. The summed E-state index contributed by atoms with van der Waals surface area (Å²) in [6.07, 6.45) is 8.52. The Labute approximate surface area is 88.8 Å². The van der Waals surface area contributed by atoms with Crippen LogP contribution in [0.2, 0.25) is 0 Å². The van der Waals surface area contributed by atoms with E-state index in [1.165, 1.54) is 51.6 Å². The summed E-state index contributed by atoms with van der Waals surface area (Å²) < 4.78 is 0. The van der Waals surface area contributed by atoms with Gasteiger partial charge in [-0.15, -0.1) is 0 Å². The number of nitrogens with two attached hydrogens (primary N) is 1. The molecule has 0 aliphatic heterocycles. The third-order valence-corrected chi connectivity index (χ3v) is 3.23. The maximum absolute atomic E-state index is 5.62. The van der Waals surface area contributed by atoms with E-state index < -0.39 is 0 Å². The summed E-state index contributed by atoms with van der Waals surface area (Å²) in [6, 6.07) is 0. The van der Waals surface area contributed by atoms with Gasteiger partial charge in [0.25, 0.3) is 0 Å². The lowest BCUT2D eigenvalue weighted by molar-refractivity contribution is 0.205. The zero-order valence-corrected chi connectivity index (χ0v) is 9.67. The molecule has 0 atom stereocenters. The van der Waals surface area contributed by atoms with E-state index in [4.69, 9.17) is 5.73 Å². The molecular weight excluding hydrogens is 172 g/mol. The standard InChI is InChI=1S/C12H26N2/c1-2-9-14(10-8-13)11-12-6-4-3-5-7-12/h12H,2-11,13H2,1H3. The molecule has 14 heavy (non-hydrogen) atoms. The minimum absolute atomic E-state index is 0.812. The molecule has 0 radical (unpaired) electrons. The van der Waals surface area contributed by atoms with Gasteiger partial charge in [-0.05, 0) is 31.7 Å². The van der Waals surface area contributed by atoms with Gasteiger partial charge in [-0.25, -0.2) is 0 Å². The fourth-order valence-electron chi connectivity index (χ4n) is 2.53. The van der Waals surface area contributed by atoms with Gasteiger partial charge in [0.15, 0.2) is 0 Å². The Morgan fingerprint density at radius 2 is 1.86 bits per heavy atom. The van der Waals surface area contributed by atoms with E-state index in [2.05, 4.69) is 11.8 Å². The maximum atomic E-state index is 5.62. The summed E-state index contributed by atoms with van der Waals surface area (Å²) in [6.45, 7) is 6.68. The molecule has 0 aromatic rings. The largest absolute Gasteiger partial charge is 0.329 e. The molecule has 1 aliphatic rings. The van der Waals surface area contributed by atoms with Crippen LogP contribution in [0.15, 0.2) is 0 Å². The summed E-state index contributed by atoms with van der Waals surface area (Å²) in [5, 5.41) is 0. The van der Waals surface area contributed by atoms with Crippen molar-refractivity contribution in [3.05, 3.63) is 0 Å². The quantitative estimate of drug-likeness (QED) is 0.709. The first kappa shape index (κ1) is 12.0. The highest BCUT2D eigenvalue weighted by atomic mass is 15.1. The second-order valence-corrected chi connectivity index (χ2v) is 4.59. The summed E-state index contributed by atoms with van der Waals surface area (Å²) in [4.78, 5) is 2.55. The number of rotatable bonds is 6. The Bertz CT molecular complexity index is 124. The van der Waals surface area contributed by atoms with Gasteiger partial charge in [-0.3, -0.25) is 0 Å². The van der Waals surface area contributed by atoms with Gasteiger partial charge in [0.2, 0.25) is 0 Å². The topological polar surface area (TPSA) is 29.3 Å². The Balaban J connectivity index is 2.21. The number of nitrogens with zero attached hydrogens (tertiary/aromatic N) is 1. The van der Waals surface area contributed by atoms with Crippen molar-refractivity contribution in [1.82, 2.24) is 4.90 Å². The second kappa shape index (κ2) is 7.24. The monoisotopic (exact) mass is 198 g/mol. The van der Waals surface area contributed by atoms with Gasteiger partial charge in [-0.1, -0.05) is 26.2 Å². The molecule has 2 heteroatoms. The summed E-state index contributed by atoms with van der Waals surface area (Å²) in [5.41, 5.74) is 5.62. The van der Waals surface area contributed by atoms with Crippen LogP contribution >= 0.6 is 0 Å². The van der Waals surface area contributed by atoms with Crippen LogP contribution in [0.5, 0.6) is 0 Å². The molecule has 1 rings (SSSR count). The van der Waals surface area contributed by atoms with Crippen molar-refractivity contribution in [2.24, 2.45) is 11.7 Å².